The highest BCUT2D eigenvalue weighted by Gasteiger charge is 2.64. The van der Waals surface area contributed by atoms with Gasteiger partial charge in [0, 0.05) is 141 Å². The van der Waals surface area contributed by atoms with E-state index < -0.39 is 64.4 Å². The molecule has 9 aliphatic rings. The maximum atomic E-state index is 13.7. The standard InChI is InChI=1S/C27H23FN2O3.C26H21FN2O4.C25H20FN3O4.C25H19FN2O5/c28-21-11-7-19(8-12-21)25(31)29-15-16-30-26(32)23-3-1-2-4-24(23)27(29,30)20-9-13-22(14-10-20)33-17-18-5-6-18;1-17(30)16-33-21-12-8-19(9-13-21)26-23-5-3-2-4-22(23)25(32)29(26)15-14-28(26)24(31)18-6-10-20(27)11-7-18;26-18-9-5-16(6-10-18)23(31)28-13-14-29-24(32)20-3-1-2-4-21(20)25(28,29)17-7-11-19(12-8-17)33-15-22(27)30;26-18-9-5-16(6-10-18)23(31)27-13-14-28-24(32)20-3-1-2-4-21(20)25(27,28)17-7-11-19(12-8-17)33-15-22(29)30/h1-4,7-14,18H,5-6,15-17H2;2-13H,14-16H2,1H3;1-12H,13-15H2,(H2,27,30);1-12H,13-15H2,(H,29,30). The number of carboxylic acid groups (broad SMARTS) is 1. The molecule has 21 rings (SSSR count). The Labute approximate surface area is 753 Å². The summed E-state index contributed by atoms with van der Waals surface area (Å²) in [6.45, 7) is 4.19. The number of amides is 9. The molecule has 12 aromatic rings. The highest BCUT2D eigenvalue weighted by atomic mass is 19.1. The number of fused-ring (bicyclic) bond motifs is 12. The molecule has 12 aromatic carbocycles. The molecule has 4 atom stereocenters. The van der Waals surface area contributed by atoms with Crippen LogP contribution >= 0.6 is 0 Å². The number of primary amides is 1. The minimum absolute atomic E-state index is 0.0346. The van der Waals surface area contributed by atoms with Gasteiger partial charge in [-0.05, 0) is 196 Å². The van der Waals surface area contributed by atoms with E-state index in [9.17, 15) is 70.3 Å². The van der Waals surface area contributed by atoms with Crippen molar-refractivity contribution in [2.45, 2.75) is 42.4 Å². The Morgan fingerprint density at radius 1 is 0.318 bits per heavy atom. The maximum Gasteiger partial charge on any atom is 0.341 e. The van der Waals surface area contributed by atoms with Gasteiger partial charge in [-0.15, -0.1) is 0 Å². The van der Waals surface area contributed by atoms with Crippen molar-refractivity contribution >= 4 is 64.9 Å². The van der Waals surface area contributed by atoms with Crippen LogP contribution in [0.25, 0.3) is 0 Å². The van der Waals surface area contributed by atoms with Crippen LogP contribution in [0, 0.1) is 29.2 Å². The Kier molecular flexibility index (Phi) is 23.1. The maximum absolute atomic E-state index is 13.7. The molecule has 25 nitrogen and oxygen atoms in total. The zero-order valence-electron chi connectivity index (χ0n) is 70.9. The number of carboxylic acids is 1. The Hall–Kier alpha value is -16.1. The lowest BCUT2D eigenvalue weighted by Gasteiger charge is -2.40. The number of benzene rings is 12. The molecule has 4 saturated heterocycles. The van der Waals surface area contributed by atoms with Gasteiger partial charge in [0.15, 0.2) is 41.6 Å². The predicted octanol–water partition coefficient (Wildman–Crippen LogP) is 13.6. The third kappa shape index (κ3) is 15.0. The van der Waals surface area contributed by atoms with Gasteiger partial charge >= 0.3 is 5.97 Å². The van der Waals surface area contributed by atoms with Gasteiger partial charge in [0.25, 0.3) is 53.2 Å². The lowest BCUT2D eigenvalue weighted by atomic mass is 9.89. The number of carbonyl (C=O) groups is 11. The van der Waals surface area contributed by atoms with E-state index in [-0.39, 0.29) is 66.3 Å². The van der Waals surface area contributed by atoms with E-state index in [1.807, 2.05) is 97.1 Å². The molecule has 4 unspecified atom stereocenters. The number of rotatable bonds is 20. The summed E-state index contributed by atoms with van der Waals surface area (Å²) in [5, 5.41) is 8.85. The van der Waals surface area contributed by atoms with Gasteiger partial charge in [0.2, 0.25) is 0 Å². The number of Topliss-reactive ketones (excluding diaryl/α,β-unsaturated/α-hetero) is 1. The summed E-state index contributed by atoms with van der Waals surface area (Å²) in [5.41, 5.74) is 10.0. The zero-order valence-corrected chi connectivity index (χ0v) is 70.9. The smallest absolute Gasteiger partial charge is 0.341 e. The first-order chi connectivity index (χ1) is 63.9. The Morgan fingerprint density at radius 3 is 0.788 bits per heavy atom. The molecule has 1 aliphatic carbocycles. The van der Waals surface area contributed by atoms with E-state index in [1.165, 1.54) is 117 Å². The summed E-state index contributed by atoms with van der Waals surface area (Å²) < 4.78 is 75.9. The number of nitrogens with two attached hydrogens (primary N) is 1. The van der Waals surface area contributed by atoms with Crippen molar-refractivity contribution in [3.05, 3.63) is 403 Å². The number of halogens is 4. The summed E-state index contributed by atoms with van der Waals surface area (Å²) in [5.74, 6) is -2.46. The van der Waals surface area contributed by atoms with Crippen LogP contribution in [0.15, 0.2) is 291 Å². The van der Waals surface area contributed by atoms with Crippen LogP contribution in [0.5, 0.6) is 23.0 Å². The van der Waals surface area contributed by atoms with Crippen molar-refractivity contribution in [2.24, 2.45) is 11.7 Å². The van der Waals surface area contributed by atoms with Crippen LogP contribution < -0.4 is 24.7 Å². The monoisotopic (exact) mass is 1780 g/mol. The summed E-state index contributed by atoms with van der Waals surface area (Å²) >= 11 is 0. The van der Waals surface area contributed by atoms with E-state index in [1.54, 1.807) is 136 Å². The normalized spacial score (nSPS) is 19.4. The Bertz CT molecular complexity index is 6120. The van der Waals surface area contributed by atoms with E-state index in [4.69, 9.17) is 29.8 Å². The van der Waals surface area contributed by atoms with Gasteiger partial charge in [-0.25, -0.2) is 22.4 Å². The van der Waals surface area contributed by atoms with Crippen molar-refractivity contribution in [1.29, 1.82) is 0 Å². The molecule has 0 spiro atoms. The molecule has 0 bridgehead atoms. The lowest BCUT2D eigenvalue weighted by molar-refractivity contribution is -0.139. The second-order valence-electron chi connectivity index (χ2n) is 32.8. The van der Waals surface area contributed by atoms with Crippen molar-refractivity contribution in [3.8, 4) is 23.0 Å². The highest BCUT2D eigenvalue weighted by molar-refractivity contribution is 6.08. The van der Waals surface area contributed by atoms with Crippen LogP contribution in [-0.4, -0.2) is 188 Å². The van der Waals surface area contributed by atoms with E-state index in [0.29, 0.717) is 149 Å². The van der Waals surface area contributed by atoms with Crippen LogP contribution in [0.3, 0.4) is 0 Å². The van der Waals surface area contributed by atoms with Crippen molar-refractivity contribution < 1.29 is 94.4 Å². The van der Waals surface area contributed by atoms with Gasteiger partial charge in [-0.2, -0.15) is 0 Å². The first kappa shape index (κ1) is 86.7. The summed E-state index contributed by atoms with van der Waals surface area (Å²) in [6.07, 6.45) is 2.44. The molecule has 8 aliphatic heterocycles. The molecule has 5 fully saturated rings. The Morgan fingerprint density at radius 2 is 0.553 bits per heavy atom. The number of nitrogens with zero attached hydrogens (tertiary/aromatic N) is 8. The molecule has 0 radical (unpaired) electrons. The summed E-state index contributed by atoms with van der Waals surface area (Å²) in [6, 6.07) is 79.2. The average molecular weight is 1780 g/mol. The van der Waals surface area contributed by atoms with Crippen LogP contribution in [0.1, 0.15) is 147 Å². The fourth-order valence-corrected chi connectivity index (χ4v) is 19.3. The summed E-state index contributed by atoms with van der Waals surface area (Å²) in [4.78, 5) is 155. The number of aliphatic carboxylic acids is 1. The first-order valence-electron chi connectivity index (χ1n) is 42.8. The summed E-state index contributed by atoms with van der Waals surface area (Å²) in [7, 11) is 0. The predicted molar refractivity (Wildman–Crippen MR) is 471 cm³/mol. The molecule has 8 heterocycles. The minimum Gasteiger partial charge on any atom is -0.493 e. The van der Waals surface area contributed by atoms with Crippen LogP contribution in [-0.2, 0) is 37.0 Å². The Balaban J connectivity index is 0.000000118. The second-order valence-corrected chi connectivity index (χ2v) is 32.8. The molecule has 664 valence electrons. The fraction of sp³-hybridized carbons (Fsp3) is 0.194. The van der Waals surface area contributed by atoms with Crippen LogP contribution in [0.4, 0.5) is 17.6 Å². The van der Waals surface area contributed by atoms with E-state index in [0.717, 1.165) is 28.0 Å². The second kappa shape index (κ2) is 35.2. The molecule has 29 heteroatoms. The number of ether oxygens (including phenoxy) is 4. The topological polar surface area (TPSA) is 297 Å². The quantitative estimate of drug-likeness (QED) is 0.0670. The molecule has 1 saturated carbocycles. The molecule has 9 amide bonds. The van der Waals surface area contributed by atoms with Crippen molar-refractivity contribution in [2.75, 3.05) is 78.8 Å². The third-order valence-corrected chi connectivity index (χ3v) is 25.2. The lowest BCUT2D eigenvalue weighted by Crippen LogP contribution is -2.51. The number of hydrogen-bond donors (Lipinski definition) is 2. The van der Waals surface area contributed by atoms with Gasteiger partial charge in [-0.3, -0.25) is 47.9 Å². The van der Waals surface area contributed by atoms with E-state index in [2.05, 4.69) is 0 Å². The molecule has 132 heavy (non-hydrogen) atoms. The van der Waals surface area contributed by atoms with Gasteiger partial charge in [0.05, 0.1) is 6.61 Å². The van der Waals surface area contributed by atoms with Crippen molar-refractivity contribution in [1.82, 2.24) is 39.2 Å². The minimum atomic E-state index is -1.18. The SMILES string of the molecule is CC(=O)COc1ccc(C23c4ccccc4C(=O)N2CCN3C(=O)c2ccc(F)cc2)cc1.NC(=O)COc1ccc(C23c4ccccc4C(=O)N2CCN3C(=O)c2ccc(F)cc2)cc1.O=C(O)COc1ccc(C23c4ccccc4C(=O)N2CCN3C(=O)c2ccc(F)cc2)cc1.O=C(c1ccc(F)cc1)N1CCN2C(=O)c3ccccc3C12c1ccc(OCC2CC2)cc1. The van der Waals surface area contributed by atoms with E-state index >= 15 is 0 Å². The zero-order chi connectivity index (χ0) is 92.1. The first-order valence-corrected chi connectivity index (χ1v) is 42.8. The number of hydrogen-bond acceptors (Lipinski definition) is 15. The number of ketones is 1. The molecular formula is C103H83F4N9O16. The number of carbonyl (C=O) groups excluding carboxylic acids is 10. The largest absolute Gasteiger partial charge is 0.493 e. The molecular weight excluding hydrogens is 1700 g/mol. The van der Waals surface area contributed by atoms with Crippen LogP contribution in [0.2, 0.25) is 0 Å². The van der Waals surface area contributed by atoms with Gasteiger partial charge in [0.1, 0.15) is 52.9 Å². The third-order valence-electron chi connectivity index (χ3n) is 25.2. The van der Waals surface area contributed by atoms with Gasteiger partial charge < -0.3 is 69.0 Å². The molecule has 3 N–H and O–H groups in total. The van der Waals surface area contributed by atoms with Crippen molar-refractivity contribution in [3.63, 3.8) is 0 Å². The average Bonchev–Trinajstić information content (AvgIpc) is 1.55. The molecule has 0 aromatic heterocycles. The van der Waals surface area contributed by atoms with Gasteiger partial charge in [-0.1, -0.05) is 121 Å². The fourth-order valence-electron chi connectivity index (χ4n) is 19.3. The highest BCUT2D eigenvalue weighted by Crippen LogP contribution is 2.56.